The van der Waals surface area contributed by atoms with Gasteiger partial charge in [0.25, 0.3) is 0 Å². The van der Waals surface area contributed by atoms with E-state index >= 15 is 0 Å². The number of hydrogen-bond donors (Lipinski definition) is 0. The van der Waals surface area contributed by atoms with Crippen LogP contribution in [0.1, 0.15) is 0 Å². The fourth-order valence-corrected chi connectivity index (χ4v) is 2.58. The van der Waals surface area contributed by atoms with Crippen LogP contribution in [0.15, 0.2) is 30.3 Å². The van der Waals surface area contributed by atoms with Crippen molar-refractivity contribution in [3.8, 4) is 11.1 Å². The molecule has 0 aliphatic rings. The van der Waals surface area contributed by atoms with Crippen LogP contribution in [0, 0.1) is 9.39 Å². The van der Waals surface area contributed by atoms with Crippen molar-refractivity contribution in [1.29, 1.82) is 0 Å². The SMILES string of the molecule is Fc1c(I)cccc1-c1ccc(Cl)c(Cl)c1Cl. The fourth-order valence-electron chi connectivity index (χ4n) is 1.45. The highest BCUT2D eigenvalue weighted by Gasteiger charge is 2.14. The molecule has 0 spiro atoms. The Labute approximate surface area is 127 Å². The lowest BCUT2D eigenvalue weighted by Crippen LogP contribution is -1.89. The van der Waals surface area contributed by atoms with E-state index in [2.05, 4.69) is 0 Å². The summed E-state index contributed by atoms with van der Waals surface area (Å²) in [5, 5.41) is 0.857. The number of rotatable bonds is 1. The van der Waals surface area contributed by atoms with E-state index in [0.717, 1.165) is 0 Å². The zero-order valence-electron chi connectivity index (χ0n) is 8.28. The van der Waals surface area contributed by atoms with Crippen LogP contribution in [0.25, 0.3) is 11.1 Å². The molecule has 0 saturated heterocycles. The smallest absolute Gasteiger partial charge is 0.144 e. The molecule has 0 aromatic heterocycles. The molecule has 0 N–H and O–H groups in total. The summed E-state index contributed by atoms with van der Waals surface area (Å²) < 4.78 is 14.5. The second kappa shape index (κ2) is 5.31. The Morgan fingerprint density at radius 2 is 1.59 bits per heavy atom. The molecule has 0 unspecified atom stereocenters. The van der Waals surface area contributed by atoms with Crippen LogP contribution < -0.4 is 0 Å². The van der Waals surface area contributed by atoms with Crippen molar-refractivity contribution in [3.63, 3.8) is 0 Å². The van der Waals surface area contributed by atoms with Crippen LogP contribution in [0.2, 0.25) is 15.1 Å². The van der Waals surface area contributed by atoms with Gasteiger partial charge in [-0.2, -0.15) is 0 Å². The third kappa shape index (κ3) is 2.55. The van der Waals surface area contributed by atoms with Crippen LogP contribution in [0.3, 0.4) is 0 Å². The number of benzene rings is 2. The summed E-state index contributed by atoms with van der Waals surface area (Å²) in [7, 11) is 0. The zero-order chi connectivity index (χ0) is 12.6. The third-order valence-electron chi connectivity index (χ3n) is 2.28. The zero-order valence-corrected chi connectivity index (χ0v) is 12.7. The maximum atomic E-state index is 14.0. The molecular weight excluding hydrogens is 396 g/mol. The predicted octanol–water partition coefficient (Wildman–Crippen LogP) is 6.06. The maximum absolute atomic E-state index is 14.0. The summed E-state index contributed by atoms with van der Waals surface area (Å²) in [6.45, 7) is 0. The minimum atomic E-state index is -0.312. The Morgan fingerprint density at radius 1 is 0.882 bits per heavy atom. The van der Waals surface area contributed by atoms with E-state index in [1.807, 2.05) is 22.6 Å². The molecule has 2 rings (SSSR count). The highest BCUT2D eigenvalue weighted by Crippen LogP contribution is 2.39. The van der Waals surface area contributed by atoms with Gasteiger partial charge in [-0.25, -0.2) is 4.39 Å². The molecule has 0 nitrogen and oxygen atoms in total. The van der Waals surface area contributed by atoms with Crippen LogP contribution in [0.5, 0.6) is 0 Å². The normalized spacial score (nSPS) is 10.6. The quantitative estimate of drug-likeness (QED) is 0.403. The lowest BCUT2D eigenvalue weighted by Gasteiger charge is -2.09. The molecule has 0 heterocycles. The largest absolute Gasteiger partial charge is 0.205 e. The second-order valence-electron chi connectivity index (χ2n) is 3.32. The van der Waals surface area contributed by atoms with Gasteiger partial charge in [0.05, 0.1) is 15.1 Å². The average Bonchev–Trinajstić information content (AvgIpc) is 2.31. The summed E-state index contributed by atoms with van der Waals surface area (Å²) in [5.41, 5.74) is 0.956. The minimum Gasteiger partial charge on any atom is -0.205 e. The summed E-state index contributed by atoms with van der Waals surface area (Å²) in [6.07, 6.45) is 0. The van der Waals surface area contributed by atoms with Gasteiger partial charge in [0.2, 0.25) is 0 Å². The number of halogens is 5. The number of hydrogen-bond acceptors (Lipinski definition) is 0. The van der Waals surface area contributed by atoms with E-state index < -0.39 is 0 Å². The monoisotopic (exact) mass is 400 g/mol. The molecule has 88 valence electrons. The Kier molecular flexibility index (Phi) is 4.18. The molecule has 0 radical (unpaired) electrons. The summed E-state index contributed by atoms with van der Waals surface area (Å²) in [6, 6.07) is 8.36. The van der Waals surface area contributed by atoms with Crippen LogP contribution in [0.4, 0.5) is 4.39 Å². The highest BCUT2D eigenvalue weighted by molar-refractivity contribution is 14.1. The topological polar surface area (TPSA) is 0 Å². The van der Waals surface area contributed by atoms with E-state index in [1.165, 1.54) is 0 Å². The molecule has 0 aliphatic carbocycles. The maximum Gasteiger partial charge on any atom is 0.144 e. The van der Waals surface area contributed by atoms with Crippen LogP contribution >= 0.6 is 57.4 Å². The van der Waals surface area contributed by atoms with Gasteiger partial charge < -0.3 is 0 Å². The standard InChI is InChI=1S/C12H5Cl3FI/c13-8-5-4-6(10(14)11(8)15)7-2-1-3-9(17)12(7)16/h1-5H. The Morgan fingerprint density at radius 3 is 2.29 bits per heavy atom. The Hall–Kier alpha value is -0.0300. The summed E-state index contributed by atoms with van der Waals surface area (Å²) in [5.74, 6) is -0.312. The van der Waals surface area contributed by atoms with Gasteiger partial charge in [0.15, 0.2) is 0 Å². The predicted molar refractivity (Wildman–Crippen MR) is 79.6 cm³/mol. The summed E-state index contributed by atoms with van der Waals surface area (Å²) in [4.78, 5) is 0. The van der Waals surface area contributed by atoms with Crippen molar-refractivity contribution in [2.24, 2.45) is 0 Å². The van der Waals surface area contributed by atoms with Crippen molar-refractivity contribution in [3.05, 3.63) is 54.8 Å². The molecule has 17 heavy (non-hydrogen) atoms. The molecule has 5 heteroatoms. The van der Waals surface area contributed by atoms with Gasteiger partial charge in [-0.3, -0.25) is 0 Å². The minimum absolute atomic E-state index is 0.240. The van der Waals surface area contributed by atoms with Crippen molar-refractivity contribution < 1.29 is 4.39 Å². The van der Waals surface area contributed by atoms with Crippen molar-refractivity contribution in [1.82, 2.24) is 0 Å². The first-order valence-electron chi connectivity index (χ1n) is 4.60. The molecule has 2 aromatic carbocycles. The first-order valence-corrected chi connectivity index (χ1v) is 6.81. The van der Waals surface area contributed by atoms with Crippen molar-refractivity contribution in [2.45, 2.75) is 0 Å². The lowest BCUT2D eigenvalue weighted by molar-refractivity contribution is 0.624. The van der Waals surface area contributed by atoms with Crippen LogP contribution in [-0.2, 0) is 0 Å². The molecule has 0 saturated carbocycles. The highest BCUT2D eigenvalue weighted by atomic mass is 127. The van der Waals surface area contributed by atoms with Crippen molar-refractivity contribution in [2.75, 3.05) is 0 Å². The molecule has 0 fully saturated rings. The van der Waals surface area contributed by atoms with Crippen LogP contribution in [-0.4, -0.2) is 0 Å². The van der Waals surface area contributed by atoms with Gasteiger partial charge in [0.1, 0.15) is 5.82 Å². The fraction of sp³-hybridized carbons (Fsp3) is 0. The molecule has 0 amide bonds. The average molecular weight is 401 g/mol. The van der Waals surface area contributed by atoms with Gasteiger partial charge in [-0.15, -0.1) is 0 Å². The van der Waals surface area contributed by atoms with Crippen molar-refractivity contribution >= 4 is 57.4 Å². The van der Waals surface area contributed by atoms with Gasteiger partial charge in [-0.1, -0.05) is 53.0 Å². The van der Waals surface area contributed by atoms with E-state index in [9.17, 15) is 4.39 Å². The Balaban J connectivity index is 2.69. The molecule has 0 aliphatic heterocycles. The summed E-state index contributed by atoms with van der Waals surface area (Å²) >= 11 is 19.8. The molecule has 2 aromatic rings. The Bertz CT molecular complexity index is 584. The third-order valence-corrected chi connectivity index (χ3v) is 4.40. The molecule has 0 atom stereocenters. The van der Waals surface area contributed by atoms with Gasteiger partial charge in [0, 0.05) is 14.7 Å². The van der Waals surface area contributed by atoms with Gasteiger partial charge in [-0.05, 0) is 34.7 Å². The lowest BCUT2D eigenvalue weighted by atomic mass is 10.1. The van der Waals surface area contributed by atoms with E-state index in [1.54, 1.807) is 30.3 Å². The first kappa shape index (κ1) is 13.4. The van der Waals surface area contributed by atoms with E-state index in [0.29, 0.717) is 19.7 Å². The van der Waals surface area contributed by atoms with Gasteiger partial charge >= 0.3 is 0 Å². The first-order chi connectivity index (χ1) is 8.02. The molecular formula is C12H5Cl3FI. The second-order valence-corrected chi connectivity index (χ2v) is 5.65. The van der Waals surface area contributed by atoms with E-state index in [-0.39, 0.29) is 15.9 Å². The molecule has 0 bridgehead atoms. The van der Waals surface area contributed by atoms with E-state index in [4.69, 9.17) is 34.8 Å².